The number of nitrogen functional groups attached to an aromatic ring is 1. The number of hydrogen-bond acceptors (Lipinski definition) is 4. The van der Waals surface area contributed by atoms with Crippen molar-refractivity contribution in [2.45, 2.75) is 0 Å². The minimum Gasteiger partial charge on any atom is -0.384 e. The number of nitrogens with zero attached hydrogens (tertiary/aromatic N) is 2. The van der Waals surface area contributed by atoms with Crippen LogP contribution in [0.2, 0.25) is 0 Å². The fourth-order valence-corrected chi connectivity index (χ4v) is 3.04. The van der Waals surface area contributed by atoms with Crippen LogP contribution in [0.5, 0.6) is 0 Å². The van der Waals surface area contributed by atoms with Crippen LogP contribution in [0, 0.1) is 5.41 Å². The van der Waals surface area contributed by atoms with E-state index in [9.17, 15) is 0 Å². The van der Waals surface area contributed by atoms with E-state index in [-0.39, 0.29) is 5.84 Å². The molecule has 1 heterocycles. The Morgan fingerprint density at radius 1 is 1.15 bits per heavy atom. The Morgan fingerprint density at radius 2 is 1.85 bits per heavy atom. The number of fused-ring (bicyclic) bond motifs is 1. The van der Waals surface area contributed by atoms with Gasteiger partial charge in [0.05, 0.1) is 15.9 Å². The number of benzene rings is 2. The molecule has 0 radical (unpaired) electrons. The molecule has 0 bridgehead atoms. The molecule has 3 aromatic rings. The number of aromatic nitrogens is 1. The van der Waals surface area contributed by atoms with E-state index in [2.05, 4.69) is 11.1 Å². The Morgan fingerprint density at radius 3 is 2.60 bits per heavy atom. The van der Waals surface area contributed by atoms with Gasteiger partial charge in [0.1, 0.15) is 5.84 Å². The second-order valence-electron chi connectivity index (χ2n) is 4.45. The van der Waals surface area contributed by atoms with Gasteiger partial charge in [0.2, 0.25) is 0 Å². The molecule has 0 spiro atoms. The maximum atomic E-state index is 7.67. The van der Waals surface area contributed by atoms with E-state index >= 15 is 0 Å². The summed E-state index contributed by atoms with van der Waals surface area (Å²) >= 11 is 1.62. The van der Waals surface area contributed by atoms with E-state index < -0.39 is 0 Å². The van der Waals surface area contributed by atoms with Gasteiger partial charge in [-0.25, -0.2) is 4.98 Å². The van der Waals surface area contributed by atoms with E-state index in [1.807, 2.05) is 54.4 Å². The first-order valence-corrected chi connectivity index (χ1v) is 7.01. The molecule has 0 aliphatic heterocycles. The van der Waals surface area contributed by atoms with Gasteiger partial charge in [-0.3, -0.25) is 5.41 Å². The minimum atomic E-state index is 0.0635. The van der Waals surface area contributed by atoms with Crippen molar-refractivity contribution < 1.29 is 0 Å². The summed E-state index contributed by atoms with van der Waals surface area (Å²) in [4.78, 5) is 6.60. The van der Waals surface area contributed by atoms with Gasteiger partial charge in [-0.05, 0) is 24.3 Å². The lowest BCUT2D eigenvalue weighted by atomic mass is 10.1. The van der Waals surface area contributed by atoms with Crippen molar-refractivity contribution >= 4 is 38.2 Å². The van der Waals surface area contributed by atoms with Crippen LogP contribution in [0.15, 0.2) is 48.5 Å². The minimum absolute atomic E-state index is 0.0635. The fraction of sp³-hybridized carbons (Fsp3) is 0.0667. The number of amidine groups is 1. The summed E-state index contributed by atoms with van der Waals surface area (Å²) in [6.45, 7) is 0. The Hall–Kier alpha value is -2.40. The molecule has 2 aromatic carbocycles. The Labute approximate surface area is 121 Å². The largest absolute Gasteiger partial charge is 0.384 e. The molecule has 0 aliphatic carbocycles. The fourth-order valence-electron chi connectivity index (χ4n) is 2.10. The van der Waals surface area contributed by atoms with Crippen molar-refractivity contribution in [2.24, 2.45) is 5.73 Å². The summed E-state index contributed by atoms with van der Waals surface area (Å²) in [5, 5.41) is 8.56. The van der Waals surface area contributed by atoms with Gasteiger partial charge in [-0.1, -0.05) is 35.6 Å². The highest BCUT2D eigenvalue weighted by atomic mass is 32.1. The summed E-state index contributed by atoms with van der Waals surface area (Å²) in [6, 6.07) is 15.7. The molecule has 0 fully saturated rings. The van der Waals surface area contributed by atoms with Crippen molar-refractivity contribution in [1.29, 1.82) is 5.41 Å². The lowest BCUT2D eigenvalue weighted by Crippen LogP contribution is -2.18. The van der Waals surface area contributed by atoms with Crippen LogP contribution in [0.1, 0.15) is 5.56 Å². The molecule has 0 saturated carbocycles. The zero-order valence-corrected chi connectivity index (χ0v) is 11.8. The lowest BCUT2D eigenvalue weighted by molar-refractivity contribution is 1.18. The highest BCUT2D eigenvalue weighted by Gasteiger charge is 2.14. The predicted molar refractivity (Wildman–Crippen MR) is 85.1 cm³/mol. The van der Waals surface area contributed by atoms with Crippen LogP contribution < -0.4 is 10.6 Å². The Bertz CT molecular complexity index is 745. The topological polar surface area (TPSA) is 66.0 Å². The SMILES string of the molecule is CN(c1nc2ccccc2s1)c1ccccc1C(=N)N. The van der Waals surface area contributed by atoms with Crippen LogP contribution in [0.25, 0.3) is 10.2 Å². The first-order chi connectivity index (χ1) is 9.66. The van der Waals surface area contributed by atoms with Crippen molar-refractivity contribution in [1.82, 2.24) is 4.98 Å². The normalized spacial score (nSPS) is 10.7. The predicted octanol–water partition coefficient (Wildman–Crippen LogP) is 3.35. The maximum Gasteiger partial charge on any atom is 0.190 e. The van der Waals surface area contributed by atoms with E-state index in [4.69, 9.17) is 11.1 Å². The molecule has 4 nitrogen and oxygen atoms in total. The molecular weight excluding hydrogens is 268 g/mol. The number of thiazole rings is 1. The third kappa shape index (κ3) is 2.12. The van der Waals surface area contributed by atoms with Gasteiger partial charge < -0.3 is 10.6 Å². The summed E-state index contributed by atoms with van der Waals surface area (Å²) < 4.78 is 1.15. The molecule has 0 atom stereocenters. The maximum absolute atomic E-state index is 7.67. The molecule has 0 saturated heterocycles. The van der Waals surface area contributed by atoms with Crippen LogP contribution in [0.3, 0.4) is 0 Å². The molecule has 20 heavy (non-hydrogen) atoms. The van der Waals surface area contributed by atoms with Crippen molar-refractivity contribution in [3.63, 3.8) is 0 Å². The Kier molecular flexibility index (Phi) is 3.12. The molecule has 5 heteroatoms. The van der Waals surface area contributed by atoms with Gasteiger partial charge in [0.25, 0.3) is 0 Å². The van der Waals surface area contributed by atoms with E-state index in [0.29, 0.717) is 5.56 Å². The third-order valence-electron chi connectivity index (χ3n) is 3.13. The monoisotopic (exact) mass is 282 g/mol. The summed E-state index contributed by atoms with van der Waals surface area (Å²) in [7, 11) is 1.94. The van der Waals surface area contributed by atoms with Crippen LogP contribution in [0.4, 0.5) is 10.8 Å². The third-order valence-corrected chi connectivity index (χ3v) is 4.24. The highest BCUT2D eigenvalue weighted by molar-refractivity contribution is 7.22. The second kappa shape index (κ2) is 4.94. The number of anilines is 2. The molecule has 1 aromatic heterocycles. The smallest absolute Gasteiger partial charge is 0.190 e. The van der Waals surface area contributed by atoms with Crippen molar-refractivity contribution in [3.05, 3.63) is 54.1 Å². The van der Waals surface area contributed by atoms with Gasteiger partial charge >= 0.3 is 0 Å². The number of para-hydroxylation sites is 2. The molecule has 0 unspecified atom stereocenters. The van der Waals surface area contributed by atoms with Gasteiger partial charge in [0.15, 0.2) is 5.13 Å². The molecule has 3 rings (SSSR count). The quantitative estimate of drug-likeness (QED) is 0.572. The number of nitrogens with two attached hydrogens (primary N) is 1. The Balaban J connectivity index is 2.08. The second-order valence-corrected chi connectivity index (χ2v) is 5.46. The zero-order chi connectivity index (χ0) is 14.1. The average Bonchev–Trinajstić information content (AvgIpc) is 2.90. The lowest BCUT2D eigenvalue weighted by Gasteiger charge is -2.18. The molecular formula is C15H14N4S. The average molecular weight is 282 g/mol. The number of nitrogens with one attached hydrogen (secondary N) is 1. The van der Waals surface area contributed by atoms with Gasteiger partial charge in [0, 0.05) is 12.6 Å². The van der Waals surface area contributed by atoms with Crippen LogP contribution in [-0.4, -0.2) is 17.9 Å². The summed E-state index contributed by atoms with van der Waals surface area (Å²) in [5.41, 5.74) is 8.24. The van der Waals surface area contributed by atoms with Crippen LogP contribution in [-0.2, 0) is 0 Å². The first kappa shape index (κ1) is 12.6. The standard InChI is InChI=1S/C15H14N4S/c1-19(12-8-4-2-6-10(12)14(16)17)15-18-11-7-3-5-9-13(11)20-15/h2-9H,1H3,(H3,16,17). The van der Waals surface area contributed by atoms with Crippen molar-refractivity contribution in [3.8, 4) is 0 Å². The van der Waals surface area contributed by atoms with E-state index in [0.717, 1.165) is 21.0 Å². The first-order valence-electron chi connectivity index (χ1n) is 6.19. The summed E-state index contributed by atoms with van der Waals surface area (Å²) in [6.07, 6.45) is 0. The number of hydrogen-bond donors (Lipinski definition) is 2. The summed E-state index contributed by atoms with van der Waals surface area (Å²) in [5.74, 6) is 0.0635. The van der Waals surface area contributed by atoms with Gasteiger partial charge in [-0.2, -0.15) is 0 Å². The molecule has 0 aliphatic rings. The molecule has 100 valence electrons. The van der Waals surface area contributed by atoms with E-state index in [1.54, 1.807) is 11.3 Å². The van der Waals surface area contributed by atoms with Crippen LogP contribution >= 0.6 is 11.3 Å². The molecule has 3 N–H and O–H groups in total. The number of rotatable bonds is 3. The molecule has 0 amide bonds. The highest BCUT2D eigenvalue weighted by Crippen LogP contribution is 2.33. The van der Waals surface area contributed by atoms with Crippen molar-refractivity contribution in [2.75, 3.05) is 11.9 Å². The van der Waals surface area contributed by atoms with E-state index in [1.165, 1.54) is 0 Å². The van der Waals surface area contributed by atoms with Gasteiger partial charge in [-0.15, -0.1) is 0 Å². The zero-order valence-electron chi connectivity index (χ0n) is 11.0.